The number of fused-ring (bicyclic) bond motifs is 3. The van der Waals surface area contributed by atoms with Gasteiger partial charge in [0.05, 0.1) is 46.8 Å². The third-order valence-corrected chi connectivity index (χ3v) is 10.1. The molecule has 10 nitrogen and oxygen atoms in total. The molecule has 46 heavy (non-hydrogen) atoms. The van der Waals surface area contributed by atoms with Gasteiger partial charge in [0.1, 0.15) is 12.0 Å². The fraction of sp³-hybridized carbons (Fsp3) is 0.548. The molecule has 4 aliphatic heterocycles. The van der Waals surface area contributed by atoms with Crippen molar-refractivity contribution in [2.75, 3.05) is 44.4 Å². The predicted molar refractivity (Wildman–Crippen MR) is 162 cm³/mol. The Balaban J connectivity index is 1.33. The van der Waals surface area contributed by atoms with Gasteiger partial charge in [-0.2, -0.15) is 18.3 Å². The number of amides is 1. The Morgan fingerprint density at radius 2 is 1.98 bits per heavy atom. The molecule has 0 spiro atoms. The highest BCUT2D eigenvalue weighted by atomic mass is 35.5. The van der Waals surface area contributed by atoms with E-state index >= 15 is 0 Å². The Labute approximate surface area is 268 Å². The standard InChI is InChI=1S/C31H35ClF4N8O2/c1-41(2)28(45)26-25(32)23-15-42(8-4-10-44(23)40-26)27-20-16-46-24(19-11-18(37)5-6-21(19)31(34,35)36)12-22(20)38-29(39-27)30-7-3-9-43(30)14-17(33)13-30/h5-6,11,17,24H,3-4,7-10,12-16,37H2,1-2H3. The Morgan fingerprint density at radius 1 is 1.17 bits per heavy atom. The molecule has 6 heterocycles. The minimum atomic E-state index is -4.60. The van der Waals surface area contributed by atoms with E-state index in [-0.39, 0.29) is 53.9 Å². The smallest absolute Gasteiger partial charge is 0.399 e. The van der Waals surface area contributed by atoms with Crippen LogP contribution in [0.25, 0.3) is 0 Å². The summed E-state index contributed by atoms with van der Waals surface area (Å²) in [5.74, 6) is 0.757. The molecule has 4 aliphatic rings. The van der Waals surface area contributed by atoms with Crippen LogP contribution in [-0.4, -0.2) is 75.4 Å². The molecule has 2 aromatic heterocycles. The molecule has 0 aliphatic carbocycles. The number of nitrogen functional groups attached to an aromatic ring is 1. The van der Waals surface area contributed by atoms with Gasteiger partial charge < -0.3 is 20.3 Å². The van der Waals surface area contributed by atoms with Gasteiger partial charge in [0.15, 0.2) is 11.5 Å². The van der Waals surface area contributed by atoms with Gasteiger partial charge in [-0.25, -0.2) is 14.4 Å². The molecule has 3 aromatic rings. The first-order chi connectivity index (χ1) is 21.9. The van der Waals surface area contributed by atoms with Gasteiger partial charge >= 0.3 is 6.18 Å². The lowest BCUT2D eigenvalue weighted by Gasteiger charge is -2.35. The molecule has 246 valence electrons. The summed E-state index contributed by atoms with van der Waals surface area (Å²) >= 11 is 6.76. The van der Waals surface area contributed by atoms with Gasteiger partial charge in [0.25, 0.3) is 5.91 Å². The second-order valence-corrected chi connectivity index (χ2v) is 13.2. The van der Waals surface area contributed by atoms with Gasteiger partial charge in [-0.15, -0.1) is 0 Å². The lowest BCUT2D eigenvalue weighted by Crippen LogP contribution is -2.39. The van der Waals surface area contributed by atoms with E-state index in [1.807, 2.05) is 4.90 Å². The molecule has 2 fully saturated rings. The van der Waals surface area contributed by atoms with Crippen LogP contribution in [0.2, 0.25) is 5.02 Å². The number of anilines is 2. The molecular formula is C31H35ClF4N8O2. The molecule has 3 unspecified atom stereocenters. The van der Waals surface area contributed by atoms with Gasteiger partial charge in [0, 0.05) is 57.8 Å². The van der Waals surface area contributed by atoms with Crippen LogP contribution in [0.4, 0.5) is 29.1 Å². The second kappa shape index (κ2) is 11.3. The number of carbonyl (C=O) groups is 1. The Hall–Kier alpha value is -3.49. The van der Waals surface area contributed by atoms with Gasteiger partial charge in [0.2, 0.25) is 0 Å². The molecule has 15 heteroatoms. The predicted octanol–water partition coefficient (Wildman–Crippen LogP) is 4.89. The van der Waals surface area contributed by atoms with Gasteiger partial charge in [-0.3, -0.25) is 14.4 Å². The van der Waals surface area contributed by atoms with E-state index in [4.69, 9.17) is 32.0 Å². The number of rotatable bonds is 4. The Morgan fingerprint density at radius 3 is 2.74 bits per heavy atom. The average molecular weight is 663 g/mol. The van der Waals surface area contributed by atoms with E-state index in [9.17, 15) is 22.4 Å². The zero-order valence-electron chi connectivity index (χ0n) is 25.6. The summed E-state index contributed by atoms with van der Waals surface area (Å²) in [4.78, 5) is 28.5. The van der Waals surface area contributed by atoms with E-state index < -0.39 is 29.6 Å². The topological polar surface area (TPSA) is 106 Å². The van der Waals surface area contributed by atoms with Gasteiger partial charge in [-0.1, -0.05) is 11.6 Å². The summed E-state index contributed by atoms with van der Waals surface area (Å²) < 4.78 is 65.0. The number of halogens is 5. The SMILES string of the molecule is CN(C)C(=O)c1nn2c(c1Cl)CN(c1nc(C34CCCN3CC(F)C4)nc3c1COC(c1cc(N)ccc1C(F)(F)F)C3)CCC2. The largest absolute Gasteiger partial charge is 0.416 e. The summed E-state index contributed by atoms with van der Waals surface area (Å²) in [6.45, 7) is 2.37. The lowest BCUT2D eigenvalue weighted by molar-refractivity contribution is -0.139. The third kappa shape index (κ3) is 5.18. The van der Waals surface area contributed by atoms with Crippen molar-refractivity contribution in [2.45, 2.75) is 75.8 Å². The number of nitrogens with zero attached hydrogens (tertiary/aromatic N) is 7. The summed E-state index contributed by atoms with van der Waals surface area (Å²) in [5, 5.41) is 4.78. The maximum Gasteiger partial charge on any atom is 0.416 e. The van der Waals surface area contributed by atoms with Crippen LogP contribution in [-0.2, 0) is 42.6 Å². The number of nitrogens with two attached hydrogens (primary N) is 1. The van der Waals surface area contributed by atoms with E-state index in [0.717, 1.165) is 19.0 Å². The van der Waals surface area contributed by atoms with Crippen molar-refractivity contribution in [3.63, 3.8) is 0 Å². The van der Waals surface area contributed by atoms with E-state index in [1.165, 1.54) is 17.0 Å². The van der Waals surface area contributed by atoms with E-state index in [0.29, 0.717) is 61.1 Å². The zero-order valence-corrected chi connectivity index (χ0v) is 26.3. The molecule has 3 atom stereocenters. The molecule has 0 radical (unpaired) electrons. The van der Waals surface area contributed by atoms with Crippen LogP contribution in [0.15, 0.2) is 18.2 Å². The maximum absolute atomic E-state index is 14.9. The zero-order chi connectivity index (χ0) is 32.5. The van der Waals surface area contributed by atoms with Crippen molar-refractivity contribution >= 4 is 29.0 Å². The molecular weight excluding hydrogens is 628 g/mol. The molecule has 7 rings (SSSR count). The summed E-state index contributed by atoms with van der Waals surface area (Å²) in [7, 11) is 3.27. The first-order valence-electron chi connectivity index (χ1n) is 15.4. The highest BCUT2D eigenvalue weighted by molar-refractivity contribution is 6.34. The van der Waals surface area contributed by atoms with Crippen LogP contribution < -0.4 is 10.6 Å². The minimum absolute atomic E-state index is 0.0297. The van der Waals surface area contributed by atoms with Crippen molar-refractivity contribution in [1.82, 2.24) is 29.5 Å². The summed E-state index contributed by atoms with van der Waals surface area (Å²) in [5.41, 5.74) is 6.66. The van der Waals surface area contributed by atoms with Crippen LogP contribution in [0, 0.1) is 0 Å². The van der Waals surface area contributed by atoms with Gasteiger partial charge in [-0.05, 0) is 49.6 Å². The fourth-order valence-electron chi connectivity index (χ4n) is 7.49. The molecule has 0 bridgehead atoms. The number of aryl methyl sites for hydroxylation is 1. The van der Waals surface area contributed by atoms with Crippen LogP contribution in [0.3, 0.4) is 0 Å². The van der Waals surface area contributed by atoms with Crippen molar-refractivity contribution in [3.8, 4) is 0 Å². The lowest BCUT2D eigenvalue weighted by atomic mass is 9.91. The summed E-state index contributed by atoms with van der Waals surface area (Å²) in [6.07, 6.45) is -4.03. The van der Waals surface area contributed by atoms with E-state index in [2.05, 4.69) is 10.00 Å². The van der Waals surface area contributed by atoms with Crippen LogP contribution >= 0.6 is 11.6 Å². The first-order valence-corrected chi connectivity index (χ1v) is 15.8. The monoisotopic (exact) mass is 662 g/mol. The van der Waals surface area contributed by atoms with E-state index in [1.54, 1.807) is 18.8 Å². The highest BCUT2D eigenvalue weighted by Gasteiger charge is 2.52. The molecule has 0 saturated carbocycles. The quantitative estimate of drug-likeness (QED) is 0.311. The normalized spacial score (nSPS) is 24.8. The number of benzene rings is 1. The third-order valence-electron chi connectivity index (χ3n) is 9.66. The average Bonchev–Trinajstić information content (AvgIpc) is 3.59. The number of aromatic nitrogens is 4. The van der Waals surface area contributed by atoms with Crippen molar-refractivity contribution in [3.05, 3.63) is 62.8 Å². The molecule has 2 saturated heterocycles. The van der Waals surface area contributed by atoms with Crippen LogP contribution in [0.1, 0.15) is 76.2 Å². The number of alkyl halides is 4. The molecule has 1 amide bonds. The Kier molecular flexibility index (Phi) is 7.67. The fourth-order valence-corrected chi connectivity index (χ4v) is 7.76. The summed E-state index contributed by atoms with van der Waals surface area (Å²) in [6, 6.07) is 3.53. The maximum atomic E-state index is 14.9. The van der Waals surface area contributed by atoms with Crippen LogP contribution in [0.5, 0.6) is 0 Å². The molecule has 1 aromatic carbocycles. The molecule has 2 N–H and O–H groups in total. The number of carbonyl (C=O) groups excluding carboxylic acids is 1. The Bertz CT molecular complexity index is 1700. The minimum Gasteiger partial charge on any atom is -0.399 e. The van der Waals surface area contributed by atoms with Crippen molar-refractivity contribution < 1.29 is 27.1 Å². The van der Waals surface area contributed by atoms with Crippen molar-refractivity contribution in [2.24, 2.45) is 0 Å². The number of hydrogen-bond donors (Lipinski definition) is 1. The second-order valence-electron chi connectivity index (χ2n) is 12.8. The number of ether oxygens (including phenoxy) is 1. The first kappa shape index (κ1) is 31.1. The van der Waals surface area contributed by atoms with Crippen molar-refractivity contribution in [1.29, 1.82) is 0 Å². The highest BCUT2D eigenvalue weighted by Crippen LogP contribution is 2.48. The number of hydrogen-bond acceptors (Lipinski definition) is 8.